The average Bonchev–Trinajstić information content (AvgIpc) is 1.98. The van der Waals surface area contributed by atoms with E-state index in [2.05, 4.69) is 32.9 Å². The third-order valence-electron chi connectivity index (χ3n) is 2.96. The lowest BCUT2D eigenvalue weighted by Gasteiger charge is -2.35. The largest absolute Gasteiger partial charge is 0.396 e. The summed E-state index contributed by atoms with van der Waals surface area (Å²) < 4.78 is 0. The molecule has 70 valence electrons. The molecule has 0 saturated heterocycles. The van der Waals surface area contributed by atoms with Gasteiger partial charge in [0.2, 0.25) is 0 Å². The molecule has 0 heterocycles. The van der Waals surface area contributed by atoms with Crippen molar-refractivity contribution in [2.75, 3.05) is 6.61 Å². The number of aliphatic hydroxyl groups is 1. The molecule has 1 unspecified atom stereocenters. The van der Waals surface area contributed by atoms with Crippen molar-refractivity contribution < 1.29 is 5.11 Å². The predicted molar refractivity (Wildman–Crippen MR) is 52.0 cm³/mol. The molecule has 12 heavy (non-hydrogen) atoms. The molecule has 0 aliphatic heterocycles. The van der Waals surface area contributed by atoms with Gasteiger partial charge in [0, 0.05) is 6.61 Å². The summed E-state index contributed by atoms with van der Waals surface area (Å²) in [5.41, 5.74) is 0.624. The van der Waals surface area contributed by atoms with Crippen molar-refractivity contribution in [2.24, 2.45) is 10.8 Å². The van der Waals surface area contributed by atoms with Gasteiger partial charge < -0.3 is 5.11 Å². The molecule has 0 amide bonds. The Morgan fingerprint density at radius 3 is 2.25 bits per heavy atom. The molecule has 0 spiro atoms. The van der Waals surface area contributed by atoms with E-state index in [0.29, 0.717) is 12.0 Å². The molecule has 1 aliphatic rings. The summed E-state index contributed by atoms with van der Waals surface area (Å²) in [5.74, 6) is 0. The third-order valence-corrected chi connectivity index (χ3v) is 2.96. The predicted octanol–water partition coefficient (Wildman–Crippen LogP) is 2.75. The van der Waals surface area contributed by atoms with Crippen molar-refractivity contribution in [3.05, 3.63) is 12.2 Å². The lowest BCUT2D eigenvalue weighted by Crippen LogP contribution is -2.24. The van der Waals surface area contributed by atoms with Crippen LogP contribution in [0.25, 0.3) is 0 Å². The van der Waals surface area contributed by atoms with Crippen LogP contribution < -0.4 is 0 Å². The molecule has 0 bridgehead atoms. The van der Waals surface area contributed by atoms with Crippen LogP contribution in [0.3, 0.4) is 0 Å². The zero-order chi connectivity index (χ0) is 9.24. The molecule has 1 rings (SSSR count). The highest BCUT2D eigenvalue weighted by atomic mass is 16.3. The lowest BCUT2D eigenvalue weighted by molar-refractivity contribution is 0.196. The molecule has 1 heteroatoms. The Hall–Kier alpha value is -0.300. The van der Waals surface area contributed by atoms with Gasteiger partial charge in [-0.3, -0.25) is 0 Å². The molecule has 1 aliphatic carbocycles. The van der Waals surface area contributed by atoms with Crippen molar-refractivity contribution in [1.29, 1.82) is 0 Å². The molecule has 0 radical (unpaired) electrons. The van der Waals surface area contributed by atoms with Crippen LogP contribution in [0.4, 0.5) is 0 Å². The Balaban J connectivity index is 2.63. The normalized spacial score (nSPS) is 33.7. The maximum atomic E-state index is 8.88. The maximum absolute atomic E-state index is 8.88. The summed E-state index contributed by atoms with van der Waals surface area (Å²) in [7, 11) is 0. The van der Waals surface area contributed by atoms with E-state index in [1.165, 1.54) is 12.8 Å². The highest BCUT2D eigenvalue weighted by Crippen LogP contribution is 2.40. The van der Waals surface area contributed by atoms with Crippen molar-refractivity contribution >= 4 is 0 Å². The zero-order valence-electron chi connectivity index (χ0n) is 8.43. The topological polar surface area (TPSA) is 20.2 Å². The summed E-state index contributed by atoms with van der Waals surface area (Å²) in [6.07, 6.45) is 7.93. The summed E-state index contributed by atoms with van der Waals surface area (Å²) >= 11 is 0. The van der Waals surface area contributed by atoms with Crippen LogP contribution in [0.1, 0.15) is 40.0 Å². The third kappa shape index (κ3) is 2.34. The average molecular weight is 168 g/mol. The van der Waals surface area contributed by atoms with Crippen LogP contribution >= 0.6 is 0 Å². The standard InChI is InChI=1S/C11H20O/c1-10(2)4-6-11(3,7-5-10)8-9-12/h4,6,12H,5,7-9H2,1-3H3. The van der Waals surface area contributed by atoms with Crippen LogP contribution in [0.5, 0.6) is 0 Å². The zero-order valence-corrected chi connectivity index (χ0v) is 8.43. The minimum Gasteiger partial charge on any atom is -0.396 e. The van der Waals surface area contributed by atoms with Gasteiger partial charge in [-0.2, -0.15) is 0 Å². The van der Waals surface area contributed by atoms with Gasteiger partial charge >= 0.3 is 0 Å². The summed E-state index contributed by atoms with van der Waals surface area (Å²) in [6.45, 7) is 7.07. The molecule has 0 aromatic carbocycles. The van der Waals surface area contributed by atoms with E-state index in [0.717, 1.165) is 6.42 Å². The van der Waals surface area contributed by atoms with Crippen molar-refractivity contribution in [1.82, 2.24) is 0 Å². The van der Waals surface area contributed by atoms with Gasteiger partial charge in [-0.05, 0) is 30.1 Å². The second-order valence-corrected chi connectivity index (χ2v) is 4.95. The van der Waals surface area contributed by atoms with Gasteiger partial charge in [-0.15, -0.1) is 0 Å². The van der Waals surface area contributed by atoms with E-state index in [9.17, 15) is 0 Å². The van der Waals surface area contributed by atoms with E-state index < -0.39 is 0 Å². The number of hydrogen-bond acceptors (Lipinski definition) is 1. The lowest BCUT2D eigenvalue weighted by atomic mass is 9.70. The Labute approximate surface area is 75.5 Å². The minimum absolute atomic E-state index is 0.254. The van der Waals surface area contributed by atoms with E-state index in [1.807, 2.05) is 0 Å². The van der Waals surface area contributed by atoms with Gasteiger partial charge in [0.1, 0.15) is 0 Å². The smallest absolute Gasteiger partial charge is 0.0439 e. The molecule has 0 saturated carbocycles. The molecule has 1 atom stereocenters. The number of hydrogen-bond donors (Lipinski definition) is 1. The first kappa shape index (κ1) is 9.79. The molecule has 1 nitrogen and oxygen atoms in total. The van der Waals surface area contributed by atoms with Gasteiger partial charge in [0.25, 0.3) is 0 Å². The van der Waals surface area contributed by atoms with Gasteiger partial charge in [0.05, 0.1) is 0 Å². The molecular weight excluding hydrogens is 148 g/mol. The highest BCUT2D eigenvalue weighted by molar-refractivity contribution is 5.08. The van der Waals surface area contributed by atoms with Crippen LogP contribution in [-0.2, 0) is 0 Å². The Kier molecular flexibility index (Phi) is 2.62. The summed E-state index contributed by atoms with van der Waals surface area (Å²) in [6, 6.07) is 0. The molecule has 0 aromatic rings. The minimum atomic E-state index is 0.254. The molecule has 1 N–H and O–H groups in total. The van der Waals surface area contributed by atoms with Crippen molar-refractivity contribution in [3.8, 4) is 0 Å². The van der Waals surface area contributed by atoms with Crippen LogP contribution in [0, 0.1) is 10.8 Å². The van der Waals surface area contributed by atoms with Crippen LogP contribution in [0.15, 0.2) is 12.2 Å². The first-order valence-corrected chi connectivity index (χ1v) is 4.79. The first-order valence-electron chi connectivity index (χ1n) is 4.79. The quantitative estimate of drug-likeness (QED) is 0.629. The van der Waals surface area contributed by atoms with Crippen LogP contribution in [-0.4, -0.2) is 11.7 Å². The van der Waals surface area contributed by atoms with E-state index in [-0.39, 0.29) is 5.41 Å². The summed E-state index contributed by atoms with van der Waals surface area (Å²) in [5, 5.41) is 8.88. The maximum Gasteiger partial charge on any atom is 0.0439 e. The van der Waals surface area contributed by atoms with Gasteiger partial charge in [-0.1, -0.05) is 32.9 Å². The molecule has 0 fully saturated rings. The Morgan fingerprint density at radius 2 is 1.83 bits per heavy atom. The van der Waals surface area contributed by atoms with Crippen molar-refractivity contribution in [3.63, 3.8) is 0 Å². The number of allylic oxidation sites excluding steroid dienone is 2. The van der Waals surface area contributed by atoms with E-state index in [4.69, 9.17) is 5.11 Å². The second kappa shape index (κ2) is 3.21. The fourth-order valence-electron chi connectivity index (χ4n) is 1.66. The van der Waals surface area contributed by atoms with Gasteiger partial charge in [0.15, 0.2) is 0 Å². The monoisotopic (exact) mass is 168 g/mol. The van der Waals surface area contributed by atoms with Gasteiger partial charge in [-0.25, -0.2) is 0 Å². The van der Waals surface area contributed by atoms with E-state index in [1.54, 1.807) is 0 Å². The SMILES string of the molecule is CC1(C)C=CC(C)(CCO)CC1. The summed E-state index contributed by atoms with van der Waals surface area (Å²) in [4.78, 5) is 0. The van der Waals surface area contributed by atoms with E-state index >= 15 is 0 Å². The van der Waals surface area contributed by atoms with Crippen LogP contribution in [0.2, 0.25) is 0 Å². The second-order valence-electron chi connectivity index (χ2n) is 4.95. The number of rotatable bonds is 2. The fourth-order valence-corrected chi connectivity index (χ4v) is 1.66. The highest BCUT2D eigenvalue weighted by Gasteiger charge is 2.29. The number of aliphatic hydroxyl groups excluding tert-OH is 1. The first-order chi connectivity index (χ1) is 5.47. The fraction of sp³-hybridized carbons (Fsp3) is 0.818. The Morgan fingerprint density at radius 1 is 1.17 bits per heavy atom. The van der Waals surface area contributed by atoms with Crippen molar-refractivity contribution in [2.45, 2.75) is 40.0 Å². The molecular formula is C11H20O. The Bertz CT molecular complexity index is 181. The molecule has 0 aromatic heterocycles.